The average molecular weight is 381 g/mol. The lowest BCUT2D eigenvalue weighted by Gasteiger charge is -2.13. The molecule has 4 aromatic rings. The summed E-state index contributed by atoms with van der Waals surface area (Å²) >= 11 is 7.85. The number of nitrogens with one attached hydrogen (secondary N) is 2. The van der Waals surface area contributed by atoms with Crippen molar-refractivity contribution in [2.45, 2.75) is 13.5 Å². The van der Waals surface area contributed by atoms with Gasteiger partial charge < -0.3 is 10.6 Å². The van der Waals surface area contributed by atoms with Gasteiger partial charge in [-0.2, -0.15) is 4.98 Å². The summed E-state index contributed by atoms with van der Waals surface area (Å²) in [5.74, 6) is 1.36. The minimum atomic E-state index is 0.544. The fraction of sp³-hybridized carbons (Fsp3) is 0.100. The molecule has 0 aliphatic rings. The van der Waals surface area contributed by atoms with Crippen LogP contribution in [0.4, 0.5) is 17.5 Å². The Morgan fingerprint density at radius 1 is 1.04 bits per heavy atom. The van der Waals surface area contributed by atoms with Gasteiger partial charge in [0, 0.05) is 21.0 Å². The third-order valence-corrected chi connectivity index (χ3v) is 5.17. The van der Waals surface area contributed by atoms with Gasteiger partial charge in [-0.05, 0) is 48.2 Å². The minimum absolute atomic E-state index is 0.544. The summed E-state index contributed by atoms with van der Waals surface area (Å²) in [7, 11) is 0. The Kier molecular flexibility index (Phi) is 4.73. The van der Waals surface area contributed by atoms with Crippen LogP contribution in [0.5, 0.6) is 0 Å². The minimum Gasteiger partial charge on any atom is -0.364 e. The molecule has 0 unspecified atom stereocenters. The van der Waals surface area contributed by atoms with E-state index in [1.54, 1.807) is 11.3 Å². The Balaban J connectivity index is 1.69. The molecule has 0 fully saturated rings. The second-order valence-corrected chi connectivity index (χ2v) is 7.40. The number of aryl methyl sites for hydroxylation is 1. The zero-order valence-corrected chi connectivity index (χ0v) is 15.7. The molecule has 0 radical (unpaired) electrons. The van der Waals surface area contributed by atoms with E-state index in [1.807, 2.05) is 49.4 Å². The average Bonchev–Trinajstić information content (AvgIpc) is 3.16. The molecule has 4 nitrogen and oxygen atoms in total. The van der Waals surface area contributed by atoms with E-state index >= 15 is 0 Å². The van der Waals surface area contributed by atoms with Gasteiger partial charge >= 0.3 is 0 Å². The highest BCUT2D eigenvalue weighted by Gasteiger charge is 2.09. The Hall–Kier alpha value is -2.63. The van der Waals surface area contributed by atoms with E-state index in [2.05, 4.69) is 33.1 Å². The molecule has 2 aromatic heterocycles. The monoisotopic (exact) mass is 380 g/mol. The summed E-state index contributed by atoms with van der Waals surface area (Å²) in [6.07, 6.45) is 0. The van der Waals surface area contributed by atoms with Gasteiger partial charge in [-0.1, -0.05) is 35.9 Å². The number of rotatable bonds is 5. The molecule has 0 aliphatic heterocycles. The molecule has 130 valence electrons. The molecule has 0 amide bonds. The van der Waals surface area contributed by atoms with Gasteiger partial charge in [0.05, 0.1) is 12.1 Å². The molecule has 0 saturated carbocycles. The van der Waals surface area contributed by atoms with Gasteiger partial charge in [0.1, 0.15) is 5.82 Å². The van der Waals surface area contributed by atoms with E-state index < -0.39 is 0 Å². The zero-order chi connectivity index (χ0) is 17.9. The van der Waals surface area contributed by atoms with E-state index in [-0.39, 0.29) is 0 Å². The van der Waals surface area contributed by atoms with E-state index in [1.165, 1.54) is 4.88 Å². The highest BCUT2D eigenvalue weighted by molar-refractivity contribution is 7.09. The number of para-hydroxylation sites is 1. The zero-order valence-electron chi connectivity index (χ0n) is 14.2. The van der Waals surface area contributed by atoms with Crippen LogP contribution in [0.15, 0.2) is 60.0 Å². The fourth-order valence-corrected chi connectivity index (χ4v) is 3.52. The molecular weight excluding hydrogens is 364 g/mol. The molecule has 0 saturated heterocycles. The summed E-state index contributed by atoms with van der Waals surface area (Å²) < 4.78 is 0. The lowest BCUT2D eigenvalue weighted by molar-refractivity contribution is 1.13. The van der Waals surface area contributed by atoms with Gasteiger partial charge in [0.15, 0.2) is 0 Å². The van der Waals surface area contributed by atoms with E-state index in [4.69, 9.17) is 16.6 Å². The van der Waals surface area contributed by atoms with Crippen LogP contribution in [0, 0.1) is 6.92 Å². The summed E-state index contributed by atoms with van der Waals surface area (Å²) in [5.41, 5.74) is 2.87. The second-order valence-electron chi connectivity index (χ2n) is 5.93. The van der Waals surface area contributed by atoms with Crippen LogP contribution in [0.25, 0.3) is 10.9 Å². The van der Waals surface area contributed by atoms with Crippen LogP contribution in [0.3, 0.4) is 0 Å². The predicted octanol–water partition coefficient (Wildman–Crippen LogP) is 6.01. The summed E-state index contributed by atoms with van der Waals surface area (Å²) in [6, 6.07) is 17.9. The Morgan fingerprint density at radius 3 is 2.77 bits per heavy atom. The lowest BCUT2D eigenvalue weighted by atomic mass is 10.2. The molecule has 2 aromatic carbocycles. The predicted molar refractivity (Wildman–Crippen MR) is 111 cm³/mol. The van der Waals surface area contributed by atoms with Crippen LogP contribution < -0.4 is 10.6 Å². The number of nitrogens with zero attached hydrogens (tertiary/aromatic N) is 2. The normalized spacial score (nSPS) is 10.8. The number of hydrogen-bond acceptors (Lipinski definition) is 5. The number of fused-ring (bicyclic) bond motifs is 1. The van der Waals surface area contributed by atoms with Gasteiger partial charge in [-0.3, -0.25) is 0 Å². The molecule has 0 spiro atoms. The Bertz CT molecular complexity index is 1050. The smallest absolute Gasteiger partial charge is 0.229 e. The van der Waals surface area contributed by atoms with E-state index in [9.17, 15) is 0 Å². The van der Waals surface area contributed by atoms with Crippen molar-refractivity contribution in [2.75, 3.05) is 10.6 Å². The Labute approximate surface area is 160 Å². The Morgan fingerprint density at radius 2 is 1.92 bits per heavy atom. The van der Waals surface area contributed by atoms with Crippen molar-refractivity contribution in [3.63, 3.8) is 0 Å². The van der Waals surface area contributed by atoms with Crippen molar-refractivity contribution in [1.29, 1.82) is 0 Å². The van der Waals surface area contributed by atoms with Crippen LogP contribution in [0.2, 0.25) is 5.02 Å². The first-order valence-electron chi connectivity index (χ1n) is 8.25. The molecule has 2 N–H and O–H groups in total. The summed E-state index contributed by atoms with van der Waals surface area (Å²) in [6.45, 7) is 2.75. The number of benzene rings is 2. The van der Waals surface area contributed by atoms with Crippen LogP contribution in [-0.4, -0.2) is 9.97 Å². The van der Waals surface area contributed by atoms with Crippen molar-refractivity contribution in [2.24, 2.45) is 0 Å². The number of halogens is 1. The lowest BCUT2D eigenvalue weighted by Crippen LogP contribution is -2.05. The van der Waals surface area contributed by atoms with E-state index in [0.717, 1.165) is 34.5 Å². The fourth-order valence-electron chi connectivity index (χ4n) is 2.70. The molecule has 2 heterocycles. The molecule has 4 rings (SSSR count). The van der Waals surface area contributed by atoms with Crippen molar-refractivity contribution >= 4 is 51.3 Å². The first kappa shape index (κ1) is 16.8. The standard InChI is InChI=1S/C20H17ClN4S/c1-13-8-9-14(21)11-18(13)24-20-23-17-7-3-2-6-16(17)19(25-20)22-12-15-5-4-10-26-15/h2-11H,12H2,1H3,(H2,22,23,24,25). The molecule has 0 bridgehead atoms. The molecule has 0 aliphatic carbocycles. The van der Waals surface area contributed by atoms with Crippen molar-refractivity contribution in [1.82, 2.24) is 9.97 Å². The first-order valence-corrected chi connectivity index (χ1v) is 9.51. The van der Waals surface area contributed by atoms with Gasteiger partial charge in [-0.15, -0.1) is 11.3 Å². The maximum absolute atomic E-state index is 6.12. The quantitative estimate of drug-likeness (QED) is 0.445. The van der Waals surface area contributed by atoms with Gasteiger partial charge in [0.25, 0.3) is 0 Å². The highest BCUT2D eigenvalue weighted by Crippen LogP contribution is 2.27. The third kappa shape index (κ3) is 3.64. The number of hydrogen-bond donors (Lipinski definition) is 2. The van der Waals surface area contributed by atoms with Crippen LogP contribution in [-0.2, 0) is 6.54 Å². The van der Waals surface area contributed by atoms with Crippen LogP contribution >= 0.6 is 22.9 Å². The maximum atomic E-state index is 6.12. The molecular formula is C20H17ClN4S. The van der Waals surface area contributed by atoms with Crippen molar-refractivity contribution in [3.05, 3.63) is 75.4 Å². The SMILES string of the molecule is Cc1ccc(Cl)cc1Nc1nc(NCc2cccs2)c2ccccc2n1. The van der Waals surface area contributed by atoms with Gasteiger partial charge in [-0.25, -0.2) is 4.98 Å². The number of thiophene rings is 1. The highest BCUT2D eigenvalue weighted by atomic mass is 35.5. The first-order chi connectivity index (χ1) is 12.7. The van der Waals surface area contributed by atoms with E-state index in [0.29, 0.717) is 11.0 Å². The third-order valence-electron chi connectivity index (χ3n) is 4.06. The summed E-state index contributed by atoms with van der Waals surface area (Å²) in [4.78, 5) is 10.6. The molecule has 26 heavy (non-hydrogen) atoms. The largest absolute Gasteiger partial charge is 0.364 e. The number of aromatic nitrogens is 2. The van der Waals surface area contributed by atoms with Gasteiger partial charge in [0.2, 0.25) is 5.95 Å². The summed E-state index contributed by atoms with van der Waals surface area (Å²) in [5, 5.41) is 10.5. The number of anilines is 3. The van der Waals surface area contributed by atoms with Crippen molar-refractivity contribution in [3.8, 4) is 0 Å². The topological polar surface area (TPSA) is 49.8 Å². The molecule has 0 atom stereocenters. The van der Waals surface area contributed by atoms with Crippen LogP contribution in [0.1, 0.15) is 10.4 Å². The molecule has 6 heteroatoms. The van der Waals surface area contributed by atoms with Crippen molar-refractivity contribution < 1.29 is 0 Å². The second kappa shape index (κ2) is 7.32. The maximum Gasteiger partial charge on any atom is 0.229 e.